The molecule has 1 aromatic rings. The molecular weight excluding hydrogens is 284 g/mol. The normalized spacial score (nSPS) is 13.4. The molecule has 2 N–H and O–H groups in total. The third-order valence-electron chi connectivity index (χ3n) is 2.84. The lowest BCUT2D eigenvalue weighted by atomic mass is 10.1. The summed E-state index contributed by atoms with van der Waals surface area (Å²) in [6.07, 6.45) is 0. The summed E-state index contributed by atoms with van der Waals surface area (Å²) in [4.78, 5) is 9.96. The number of non-ortho nitro benzene ring substituents is 1. The van der Waals surface area contributed by atoms with Crippen molar-refractivity contribution in [3.8, 4) is 0 Å². The summed E-state index contributed by atoms with van der Waals surface area (Å²) in [6, 6.07) is 4.78. The standard InChI is InChI=1S/C12H18N2O5S/c1-9(2)12(7-15)13-20(18,19)8-10-3-5-11(6-4-10)14(16)17/h3-6,9,12-13,15H,7-8H2,1-2H3. The highest BCUT2D eigenvalue weighted by Crippen LogP contribution is 2.14. The Morgan fingerprint density at radius 2 is 1.85 bits per heavy atom. The van der Waals surface area contributed by atoms with Gasteiger partial charge in [0.2, 0.25) is 10.0 Å². The molecule has 0 aromatic heterocycles. The van der Waals surface area contributed by atoms with Gasteiger partial charge in [-0.3, -0.25) is 10.1 Å². The second kappa shape index (κ2) is 6.78. The summed E-state index contributed by atoms with van der Waals surface area (Å²) in [7, 11) is -3.60. The molecule has 0 fully saturated rings. The molecule has 20 heavy (non-hydrogen) atoms. The molecule has 0 saturated heterocycles. The first-order chi connectivity index (χ1) is 9.25. The average molecular weight is 302 g/mol. The van der Waals surface area contributed by atoms with E-state index in [1.165, 1.54) is 24.3 Å². The molecule has 112 valence electrons. The Bertz CT molecular complexity index is 554. The fraction of sp³-hybridized carbons (Fsp3) is 0.500. The van der Waals surface area contributed by atoms with Crippen LogP contribution in [0.2, 0.25) is 0 Å². The summed E-state index contributed by atoms with van der Waals surface area (Å²) in [5.41, 5.74) is 0.359. The van der Waals surface area contributed by atoms with Crippen LogP contribution in [0.1, 0.15) is 19.4 Å². The summed E-state index contributed by atoms with van der Waals surface area (Å²) in [6.45, 7) is 3.32. The van der Waals surface area contributed by atoms with Crippen LogP contribution >= 0.6 is 0 Å². The van der Waals surface area contributed by atoms with Crippen molar-refractivity contribution in [2.24, 2.45) is 5.92 Å². The van der Waals surface area contributed by atoms with Crippen LogP contribution in [0, 0.1) is 16.0 Å². The van der Waals surface area contributed by atoms with E-state index >= 15 is 0 Å². The monoisotopic (exact) mass is 302 g/mol. The van der Waals surface area contributed by atoms with Crippen molar-refractivity contribution in [3.63, 3.8) is 0 Å². The fourth-order valence-corrected chi connectivity index (χ4v) is 3.11. The maximum Gasteiger partial charge on any atom is 0.269 e. The Hall–Kier alpha value is -1.51. The van der Waals surface area contributed by atoms with E-state index in [1.54, 1.807) is 13.8 Å². The number of benzene rings is 1. The van der Waals surface area contributed by atoms with Crippen LogP contribution in [-0.2, 0) is 15.8 Å². The molecule has 1 aromatic carbocycles. The highest BCUT2D eigenvalue weighted by atomic mass is 32.2. The molecular formula is C12H18N2O5S. The van der Waals surface area contributed by atoms with Gasteiger partial charge in [-0.25, -0.2) is 13.1 Å². The van der Waals surface area contributed by atoms with Crippen molar-refractivity contribution < 1.29 is 18.4 Å². The quantitative estimate of drug-likeness (QED) is 0.577. The zero-order chi connectivity index (χ0) is 15.3. The topological polar surface area (TPSA) is 110 Å². The minimum Gasteiger partial charge on any atom is -0.395 e. The number of rotatable bonds is 7. The second-order valence-corrected chi connectivity index (χ2v) is 6.59. The van der Waals surface area contributed by atoms with Gasteiger partial charge in [0.05, 0.1) is 17.3 Å². The van der Waals surface area contributed by atoms with E-state index < -0.39 is 21.0 Å². The van der Waals surface area contributed by atoms with E-state index in [1.807, 2.05) is 0 Å². The molecule has 8 heteroatoms. The summed E-state index contributed by atoms with van der Waals surface area (Å²) < 4.78 is 26.3. The zero-order valence-electron chi connectivity index (χ0n) is 11.3. The number of hydrogen-bond acceptors (Lipinski definition) is 5. The second-order valence-electron chi connectivity index (χ2n) is 4.83. The van der Waals surface area contributed by atoms with E-state index in [4.69, 9.17) is 5.11 Å². The zero-order valence-corrected chi connectivity index (χ0v) is 12.1. The Morgan fingerprint density at radius 3 is 2.25 bits per heavy atom. The van der Waals surface area contributed by atoms with Crippen LogP contribution in [0.3, 0.4) is 0 Å². The number of nitro groups is 1. The molecule has 7 nitrogen and oxygen atoms in total. The van der Waals surface area contributed by atoms with Crippen LogP contribution in [0.25, 0.3) is 0 Å². The van der Waals surface area contributed by atoms with Crippen LogP contribution in [0.5, 0.6) is 0 Å². The van der Waals surface area contributed by atoms with Crippen molar-refractivity contribution in [1.29, 1.82) is 0 Å². The molecule has 0 aliphatic heterocycles. The van der Waals surface area contributed by atoms with Gasteiger partial charge >= 0.3 is 0 Å². The molecule has 0 bridgehead atoms. The SMILES string of the molecule is CC(C)C(CO)NS(=O)(=O)Cc1ccc([N+](=O)[O-])cc1. The Kier molecular flexibility index (Phi) is 5.61. The number of nitro benzene ring substituents is 1. The Morgan fingerprint density at radius 1 is 1.30 bits per heavy atom. The van der Waals surface area contributed by atoms with E-state index in [9.17, 15) is 18.5 Å². The first-order valence-corrected chi connectivity index (χ1v) is 7.74. The van der Waals surface area contributed by atoms with Gasteiger partial charge in [-0.05, 0) is 11.5 Å². The lowest BCUT2D eigenvalue weighted by Gasteiger charge is -2.19. The van der Waals surface area contributed by atoms with Crippen molar-refractivity contribution >= 4 is 15.7 Å². The van der Waals surface area contributed by atoms with Crippen LogP contribution < -0.4 is 4.72 Å². The lowest BCUT2D eigenvalue weighted by Crippen LogP contribution is -2.41. The van der Waals surface area contributed by atoms with E-state index in [-0.39, 0.29) is 24.0 Å². The van der Waals surface area contributed by atoms with Crippen LogP contribution in [0.15, 0.2) is 24.3 Å². The average Bonchev–Trinajstić information content (AvgIpc) is 2.35. The molecule has 0 heterocycles. The molecule has 0 radical (unpaired) electrons. The van der Waals surface area contributed by atoms with Crippen molar-refractivity contribution in [2.45, 2.75) is 25.6 Å². The summed E-state index contributed by atoms with van der Waals surface area (Å²) >= 11 is 0. The van der Waals surface area contributed by atoms with Gasteiger partial charge in [0.15, 0.2) is 0 Å². The third-order valence-corrected chi connectivity index (χ3v) is 4.21. The van der Waals surface area contributed by atoms with Gasteiger partial charge in [0.25, 0.3) is 5.69 Å². The predicted octanol–water partition coefficient (Wildman–Crippen LogP) is 1.03. The highest BCUT2D eigenvalue weighted by Gasteiger charge is 2.20. The lowest BCUT2D eigenvalue weighted by molar-refractivity contribution is -0.384. The van der Waals surface area contributed by atoms with Gasteiger partial charge in [0.1, 0.15) is 0 Å². The highest BCUT2D eigenvalue weighted by molar-refractivity contribution is 7.88. The van der Waals surface area contributed by atoms with Gasteiger partial charge in [0, 0.05) is 18.2 Å². The predicted molar refractivity (Wildman–Crippen MR) is 74.6 cm³/mol. The molecule has 0 saturated carbocycles. The molecule has 0 amide bonds. The molecule has 1 rings (SSSR count). The summed E-state index contributed by atoms with van der Waals surface area (Å²) in [5.74, 6) is -0.319. The van der Waals surface area contributed by atoms with Gasteiger partial charge in [-0.2, -0.15) is 0 Å². The first-order valence-electron chi connectivity index (χ1n) is 6.09. The third kappa shape index (κ3) is 4.87. The fourth-order valence-electron chi connectivity index (χ4n) is 1.59. The largest absolute Gasteiger partial charge is 0.395 e. The molecule has 0 spiro atoms. The number of nitrogens with one attached hydrogen (secondary N) is 1. The Labute approximate surface area is 117 Å². The van der Waals surface area contributed by atoms with Crippen LogP contribution in [-0.4, -0.2) is 31.1 Å². The molecule has 0 aliphatic rings. The minimum absolute atomic E-state index is 0.0355. The molecule has 0 aliphatic carbocycles. The Balaban J connectivity index is 2.78. The number of nitrogens with zero attached hydrogens (tertiary/aromatic N) is 1. The number of aliphatic hydroxyl groups is 1. The number of aliphatic hydroxyl groups excluding tert-OH is 1. The molecule has 1 atom stereocenters. The number of hydrogen-bond donors (Lipinski definition) is 2. The number of sulfonamides is 1. The van der Waals surface area contributed by atoms with Crippen molar-refractivity contribution in [1.82, 2.24) is 4.72 Å². The molecule has 1 unspecified atom stereocenters. The van der Waals surface area contributed by atoms with Gasteiger partial charge in [-0.15, -0.1) is 0 Å². The maximum absolute atomic E-state index is 11.9. The van der Waals surface area contributed by atoms with Gasteiger partial charge < -0.3 is 5.11 Å². The van der Waals surface area contributed by atoms with Crippen LogP contribution in [0.4, 0.5) is 5.69 Å². The van der Waals surface area contributed by atoms with E-state index in [0.29, 0.717) is 5.56 Å². The van der Waals surface area contributed by atoms with Crippen molar-refractivity contribution in [3.05, 3.63) is 39.9 Å². The maximum atomic E-state index is 11.9. The van der Waals surface area contributed by atoms with E-state index in [2.05, 4.69) is 4.72 Å². The van der Waals surface area contributed by atoms with E-state index in [0.717, 1.165) is 0 Å². The first kappa shape index (κ1) is 16.5. The smallest absolute Gasteiger partial charge is 0.269 e. The summed E-state index contributed by atoms with van der Waals surface area (Å²) in [5, 5.41) is 19.6. The minimum atomic E-state index is -3.60. The van der Waals surface area contributed by atoms with Crippen molar-refractivity contribution in [2.75, 3.05) is 6.61 Å². The van der Waals surface area contributed by atoms with Gasteiger partial charge in [-0.1, -0.05) is 26.0 Å².